The van der Waals surface area contributed by atoms with Gasteiger partial charge in [0.25, 0.3) is 0 Å². The summed E-state index contributed by atoms with van der Waals surface area (Å²) < 4.78 is 13.7. The number of carbonyl (C=O) groups is 2. The Kier molecular flexibility index (Phi) is 3.31. The summed E-state index contributed by atoms with van der Waals surface area (Å²) in [6, 6.07) is 6.55. The normalized spacial score (nSPS) is 20.2. The van der Waals surface area contributed by atoms with Gasteiger partial charge >= 0.3 is 5.97 Å². The maximum atomic E-state index is 13.7. The van der Waals surface area contributed by atoms with Crippen molar-refractivity contribution in [2.45, 2.75) is 12.8 Å². The second-order valence-electron chi connectivity index (χ2n) is 5.62. The molecule has 1 aliphatic carbocycles. The van der Waals surface area contributed by atoms with Crippen LogP contribution in [-0.4, -0.2) is 48.1 Å². The third kappa shape index (κ3) is 2.34. The smallest absolute Gasteiger partial charge is 0.319 e. The quantitative estimate of drug-likeness (QED) is 0.854. The average molecular weight is 292 g/mol. The van der Waals surface area contributed by atoms with Crippen LogP contribution in [0, 0.1) is 11.2 Å². The summed E-state index contributed by atoms with van der Waals surface area (Å²) in [5.41, 5.74) is -0.649. The first-order valence-electron chi connectivity index (χ1n) is 7.07. The molecule has 1 aliphatic heterocycles. The third-order valence-corrected chi connectivity index (χ3v) is 4.33. The fourth-order valence-corrected chi connectivity index (χ4v) is 2.81. The Hall–Kier alpha value is -2.11. The van der Waals surface area contributed by atoms with Crippen molar-refractivity contribution in [2.75, 3.05) is 31.1 Å². The van der Waals surface area contributed by atoms with Crippen molar-refractivity contribution in [2.24, 2.45) is 5.41 Å². The molecule has 2 fully saturated rings. The van der Waals surface area contributed by atoms with E-state index in [4.69, 9.17) is 5.11 Å². The van der Waals surface area contributed by atoms with Gasteiger partial charge in [-0.05, 0) is 25.0 Å². The SMILES string of the molecule is O=C(O)C1(C(=O)N2CCN(c3ccccc3F)CC2)CC1. The van der Waals surface area contributed by atoms with Crippen LogP contribution < -0.4 is 4.90 Å². The van der Waals surface area contributed by atoms with E-state index in [0.717, 1.165) is 0 Å². The lowest BCUT2D eigenvalue weighted by Crippen LogP contribution is -2.52. The van der Waals surface area contributed by atoms with Crippen LogP contribution in [0.1, 0.15) is 12.8 Å². The predicted molar refractivity (Wildman–Crippen MR) is 74.5 cm³/mol. The first-order chi connectivity index (χ1) is 10.0. The van der Waals surface area contributed by atoms with Crippen molar-refractivity contribution in [1.29, 1.82) is 0 Å². The number of aliphatic carboxylic acids is 1. The molecule has 1 aromatic carbocycles. The Morgan fingerprint density at radius 1 is 1.10 bits per heavy atom. The lowest BCUT2D eigenvalue weighted by Gasteiger charge is -2.37. The highest BCUT2D eigenvalue weighted by Gasteiger charge is 2.58. The van der Waals surface area contributed by atoms with Gasteiger partial charge in [-0.15, -0.1) is 0 Å². The minimum absolute atomic E-state index is 0.276. The van der Waals surface area contributed by atoms with Gasteiger partial charge in [0.05, 0.1) is 5.69 Å². The maximum absolute atomic E-state index is 13.7. The number of benzene rings is 1. The standard InChI is InChI=1S/C15H17FN2O3/c16-11-3-1-2-4-12(11)17-7-9-18(10-8-17)13(19)15(5-6-15)14(20)21/h1-4H,5-10H2,(H,20,21). The van der Waals surface area contributed by atoms with Gasteiger partial charge in [0.1, 0.15) is 11.2 Å². The molecule has 112 valence electrons. The summed E-state index contributed by atoms with van der Waals surface area (Å²) in [7, 11) is 0. The van der Waals surface area contributed by atoms with Gasteiger partial charge in [0, 0.05) is 26.2 Å². The molecular weight excluding hydrogens is 275 g/mol. The average Bonchev–Trinajstić information content (AvgIpc) is 3.29. The van der Waals surface area contributed by atoms with E-state index in [-0.39, 0.29) is 11.7 Å². The van der Waals surface area contributed by atoms with Crippen LogP contribution in [-0.2, 0) is 9.59 Å². The maximum Gasteiger partial charge on any atom is 0.319 e. The molecule has 0 aromatic heterocycles. The molecule has 5 nitrogen and oxygen atoms in total. The molecule has 0 radical (unpaired) electrons. The van der Waals surface area contributed by atoms with Gasteiger partial charge in [0.15, 0.2) is 0 Å². The Morgan fingerprint density at radius 2 is 1.71 bits per heavy atom. The summed E-state index contributed by atoms with van der Waals surface area (Å²) in [6.07, 6.45) is 0.851. The van der Waals surface area contributed by atoms with Crippen LogP contribution in [0.3, 0.4) is 0 Å². The molecular formula is C15H17FN2O3. The number of nitrogens with zero attached hydrogens (tertiary/aromatic N) is 2. The monoisotopic (exact) mass is 292 g/mol. The van der Waals surface area contributed by atoms with Gasteiger partial charge in [-0.1, -0.05) is 12.1 Å². The van der Waals surface area contributed by atoms with E-state index in [9.17, 15) is 14.0 Å². The number of hydrogen-bond donors (Lipinski definition) is 1. The highest BCUT2D eigenvalue weighted by molar-refractivity contribution is 6.04. The van der Waals surface area contributed by atoms with Crippen LogP contribution in [0.5, 0.6) is 0 Å². The van der Waals surface area contributed by atoms with E-state index in [2.05, 4.69) is 0 Å². The van der Waals surface area contributed by atoms with E-state index >= 15 is 0 Å². The van der Waals surface area contributed by atoms with Crippen molar-refractivity contribution in [1.82, 2.24) is 4.90 Å². The highest BCUT2D eigenvalue weighted by Crippen LogP contribution is 2.47. The molecule has 2 aliphatic rings. The first kappa shape index (κ1) is 13.9. The van der Waals surface area contributed by atoms with Crippen molar-refractivity contribution in [3.05, 3.63) is 30.1 Å². The molecule has 1 saturated carbocycles. The molecule has 0 unspecified atom stereocenters. The Balaban J connectivity index is 1.65. The number of hydrogen-bond acceptors (Lipinski definition) is 3. The fraction of sp³-hybridized carbons (Fsp3) is 0.467. The van der Waals surface area contributed by atoms with Crippen molar-refractivity contribution in [3.63, 3.8) is 0 Å². The van der Waals surface area contributed by atoms with Crippen molar-refractivity contribution < 1.29 is 19.1 Å². The van der Waals surface area contributed by atoms with Crippen LogP contribution in [0.25, 0.3) is 0 Å². The van der Waals surface area contributed by atoms with E-state index < -0.39 is 11.4 Å². The topological polar surface area (TPSA) is 60.9 Å². The molecule has 3 rings (SSSR count). The second-order valence-corrected chi connectivity index (χ2v) is 5.62. The first-order valence-corrected chi connectivity index (χ1v) is 7.07. The molecule has 21 heavy (non-hydrogen) atoms. The van der Waals surface area contributed by atoms with Crippen LogP contribution in [0.15, 0.2) is 24.3 Å². The molecule has 0 bridgehead atoms. The third-order valence-electron chi connectivity index (χ3n) is 4.33. The zero-order chi connectivity index (χ0) is 15.0. The lowest BCUT2D eigenvalue weighted by molar-refractivity contribution is -0.153. The Labute approximate surface area is 122 Å². The summed E-state index contributed by atoms with van der Waals surface area (Å²) in [5.74, 6) is -1.59. The van der Waals surface area contributed by atoms with Gasteiger partial charge in [-0.25, -0.2) is 4.39 Å². The molecule has 0 spiro atoms. The minimum atomic E-state index is -1.18. The largest absolute Gasteiger partial charge is 0.480 e. The Morgan fingerprint density at radius 3 is 2.24 bits per heavy atom. The number of anilines is 1. The van der Waals surface area contributed by atoms with Crippen LogP contribution >= 0.6 is 0 Å². The van der Waals surface area contributed by atoms with Crippen molar-refractivity contribution in [3.8, 4) is 0 Å². The van der Waals surface area contributed by atoms with E-state index in [0.29, 0.717) is 44.7 Å². The molecule has 1 heterocycles. The van der Waals surface area contributed by atoms with Crippen LogP contribution in [0.2, 0.25) is 0 Å². The van der Waals surface area contributed by atoms with Gasteiger partial charge < -0.3 is 14.9 Å². The number of para-hydroxylation sites is 1. The number of carboxylic acids is 1. The second kappa shape index (κ2) is 5.02. The fourth-order valence-electron chi connectivity index (χ4n) is 2.81. The summed E-state index contributed by atoms with van der Waals surface area (Å²) in [4.78, 5) is 27.0. The summed E-state index contributed by atoms with van der Waals surface area (Å²) >= 11 is 0. The van der Waals surface area contributed by atoms with Gasteiger partial charge in [-0.2, -0.15) is 0 Å². The Bertz CT molecular complexity index is 578. The molecule has 6 heteroatoms. The summed E-state index contributed by atoms with van der Waals surface area (Å²) in [6.45, 7) is 1.90. The van der Waals surface area contributed by atoms with E-state index in [1.165, 1.54) is 6.07 Å². The number of amides is 1. The zero-order valence-electron chi connectivity index (χ0n) is 11.6. The van der Waals surface area contributed by atoms with Crippen LogP contribution in [0.4, 0.5) is 10.1 Å². The lowest BCUT2D eigenvalue weighted by atomic mass is 10.1. The van der Waals surface area contributed by atoms with Gasteiger partial charge in [-0.3, -0.25) is 9.59 Å². The van der Waals surface area contributed by atoms with E-state index in [1.54, 1.807) is 23.1 Å². The number of carbonyl (C=O) groups excluding carboxylic acids is 1. The predicted octanol–water partition coefficient (Wildman–Crippen LogP) is 1.34. The number of piperazine rings is 1. The van der Waals surface area contributed by atoms with Crippen molar-refractivity contribution >= 4 is 17.6 Å². The highest BCUT2D eigenvalue weighted by atomic mass is 19.1. The number of halogens is 1. The molecule has 0 atom stereocenters. The van der Waals surface area contributed by atoms with E-state index in [1.807, 2.05) is 4.90 Å². The number of carboxylic acid groups (broad SMARTS) is 1. The molecule has 1 amide bonds. The molecule has 1 saturated heterocycles. The minimum Gasteiger partial charge on any atom is -0.480 e. The molecule has 1 aromatic rings. The zero-order valence-corrected chi connectivity index (χ0v) is 11.6. The molecule has 1 N–H and O–H groups in total. The van der Waals surface area contributed by atoms with Gasteiger partial charge in [0.2, 0.25) is 5.91 Å². The summed E-state index contributed by atoms with van der Waals surface area (Å²) in [5, 5.41) is 9.16. The number of rotatable bonds is 3.